The van der Waals surface area contributed by atoms with Gasteiger partial charge in [-0.25, -0.2) is 14.2 Å². The van der Waals surface area contributed by atoms with Gasteiger partial charge in [-0.15, -0.1) is 0 Å². The number of benzene rings is 1. The van der Waals surface area contributed by atoms with Crippen LogP contribution in [0, 0.1) is 5.82 Å². The molecule has 0 aliphatic rings. The number of nitrogens with zero attached hydrogens (tertiary/aromatic N) is 2. The summed E-state index contributed by atoms with van der Waals surface area (Å²) in [6.07, 6.45) is 3.32. The van der Waals surface area contributed by atoms with Crippen molar-refractivity contribution in [3.05, 3.63) is 65.4 Å². The van der Waals surface area contributed by atoms with E-state index >= 15 is 0 Å². The smallest absolute Gasteiger partial charge is 0.338 e. The molecule has 3 aromatic rings. The molecule has 0 saturated heterocycles. The molecule has 3 rings (SSSR count). The number of hydrogen-bond acceptors (Lipinski definition) is 8. The van der Waals surface area contributed by atoms with Gasteiger partial charge in [0.25, 0.3) is 0 Å². The molecular formula is C24H27FN4O4. The standard InChI is InChI=1S/C24H27FN4O4/c1-14(19-10-16(25)5-6-18(19)24(30)32-4)33-21-9-15(12-29-23(21)26)20-11-17(7-8-27-2)28-13-22(20)31-3/h5-6,9-14,27H,7-8H2,1-4H3,(H2,26,29)/t14-/m1/s1. The van der Waals surface area contributed by atoms with Gasteiger partial charge >= 0.3 is 5.97 Å². The van der Waals surface area contributed by atoms with Crippen LogP contribution in [0.2, 0.25) is 0 Å². The Morgan fingerprint density at radius 2 is 1.94 bits per heavy atom. The van der Waals surface area contributed by atoms with E-state index in [9.17, 15) is 9.18 Å². The van der Waals surface area contributed by atoms with E-state index in [2.05, 4.69) is 15.3 Å². The second-order valence-electron chi connectivity index (χ2n) is 7.32. The van der Waals surface area contributed by atoms with Crippen LogP contribution in [0.25, 0.3) is 11.1 Å². The molecule has 2 heterocycles. The lowest BCUT2D eigenvalue weighted by atomic mass is 10.0. The molecule has 8 nitrogen and oxygen atoms in total. The number of carbonyl (C=O) groups excluding carboxylic acids is 1. The number of esters is 1. The minimum absolute atomic E-state index is 0.157. The Hall–Kier alpha value is -3.72. The number of rotatable bonds is 9. The molecule has 174 valence electrons. The summed E-state index contributed by atoms with van der Waals surface area (Å²) in [4.78, 5) is 20.8. The minimum Gasteiger partial charge on any atom is -0.494 e. The third-order valence-electron chi connectivity index (χ3n) is 5.13. The van der Waals surface area contributed by atoms with E-state index in [0.29, 0.717) is 16.9 Å². The number of aromatic nitrogens is 2. The van der Waals surface area contributed by atoms with Gasteiger partial charge in [-0.1, -0.05) is 0 Å². The first-order valence-corrected chi connectivity index (χ1v) is 10.4. The minimum atomic E-state index is -0.709. The molecular weight excluding hydrogens is 427 g/mol. The van der Waals surface area contributed by atoms with Crippen molar-refractivity contribution in [1.29, 1.82) is 0 Å². The van der Waals surface area contributed by atoms with Crippen LogP contribution in [0.15, 0.2) is 42.7 Å². The lowest BCUT2D eigenvalue weighted by molar-refractivity contribution is 0.0595. The predicted molar refractivity (Wildman–Crippen MR) is 123 cm³/mol. The maximum Gasteiger partial charge on any atom is 0.338 e. The molecule has 0 spiro atoms. The number of hydrogen-bond donors (Lipinski definition) is 2. The second-order valence-corrected chi connectivity index (χ2v) is 7.32. The second kappa shape index (κ2) is 10.7. The van der Waals surface area contributed by atoms with Crippen LogP contribution in [0.1, 0.15) is 34.6 Å². The van der Waals surface area contributed by atoms with Gasteiger partial charge < -0.3 is 25.3 Å². The summed E-state index contributed by atoms with van der Waals surface area (Å²) >= 11 is 0. The van der Waals surface area contributed by atoms with Gasteiger partial charge in [0, 0.05) is 41.5 Å². The molecule has 0 radical (unpaired) electrons. The van der Waals surface area contributed by atoms with Crippen molar-refractivity contribution in [3.63, 3.8) is 0 Å². The zero-order valence-electron chi connectivity index (χ0n) is 19.0. The lowest BCUT2D eigenvalue weighted by Crippen LogP contribution is -2.13. The molecule has 3 N–H and O–H groups in total. The van der Waals surface area contributed by atoms with E-state index in [1.54, 1.807) is 32.5 Å². The van der Waals surface area contributed by atoms with E-state index in [1.165, 1.54) is 25.3 Å². The highest BCUT2D eigenvalue weighted by Gasteiger charge is 2.21. The molecule has 2 aromatic heterocycles. The van der Waals surface area contributed by atoms with Gasteiger partial charge in [0.15, 0.2) is 11.6 Å². The molecule has 0 saturated carbocycles. The van der Waals surface area contributed by atoms with Gasteiger partial charge in [0.1, 0.15) is 17.7 Å². The quantitative estimate of drug-likeness (QED) is 0.473. The zero-order chi connectivity index (χ0) is 24.0. The number of halogens is 1. The van der Waals surface area contributed by atoms with E-state index in [4.69, 9.17) is 19.9 Å². The fraction of sp³-hybridized carbons (Fsp3) is 0.292. The third kappa shape index (κ3) is 5.56. The summed E-state index contributed by atoms with van der Waals surface area (Å²) in [5.41, 5.74) is 8.98. The van der Waals surface area contributed by atoms with Crippen molar-refractivity contribution in [2.75, 3.05) is 33.5 Å². The van der Waals surface area contributed by atoms with Gasteiger partial charge in [0.05, 0.1) is 26.0 Å². The maximum absolute atomic E-state index is 13.9. The van der Waals surface area contributed by atoms with E-state index in [0.717, 1.165) is 24.2 Å². The van der Waals surface area contributed by atoms with E-state index in [-0.39, 0.29) is 17.1 Å². The van der Waals surface area contributed by atoms with Crippen LogP contribution in [-0.2, 0) is 11.2 Å². The fourth-order valence-electron chi connectivity index (χ4n) is 3.38. The van der Waals surface area contributed by atoms with Gasteiger partial charge in [0.2, 0.25) is 0 Å². The number of likely N-dealkylation sites (N-methyl/N-ethyl adjacent to an activating group) is 1. The van der Waals surface area contributed by atoms with Gasteiger partial charge in [-0.05, 0) is 44.3 Å². The number of carbonyl (C=O) groups is 1. The number of ether oxygens (including phenoxy) is 3. The van der Waals surface area contributed by atoms with E-state index < -0.39 is 17.9 Å². The third-order valence-corrected chi connectivity index (χ3v) is 5.13. The first kappa shape index (κ1) is 23.9. The Balaban J connectivity index is 1.97. The van der Waals surface area contributed by atoms with Crippen molar-refractivity contribution in [2.45, 2.75) is 19.4 Å². The van der Waals surface area contributed by atoms with Gasteiger partial charge in [-0.2, -0.15) is 0 Å². The summed E-state index contributed by atoms with van der Waals surface area (Å²) in [5.74, 6) is -0.0628. The molecule has 9 heteroatoms. The molecule has 0 aliphatic heterocycles. The van der Waals surface area contributed by atoms with Crippen LogP contribution < -0.4 is 20.5 Å². The van der Waals surface area contributed by atoms with E-state index in [1.807, 2.05) is 13.1 Å². The molecule has 0 amide bonds. The van der Waals surface area contributed by atoms with Crippen molar-refractivity contribution < 1.29 is 23.4 Å². The summed E-state index contributed by atoms with van der Waals surface area (Å²) in [6, 6.07) is 7.46. The van der Waals surface area contributed by atoms with Crippen LogP contribution in [0.5, 0.6) is 11.5 Å². The number of pyridine rings is 2. The Bertz CT molecular complexity index is 1140. The van der Waals surface area contributed by atoms with Crippen molar-refractivity contribution >= 4 is 11.8 Å². The van der Waals surface area contributed by atoms with Crippen LogP contribution in [-0.4, -0.2) is 43.7 Å². The summed E-state index contributed by atoms with van der Waals surface area (Å²) in [6.45, 7) is 2.47. The average molecular weight is 455 g/mol. The molecule has 33 heavy (non-hydrogen) atoms. The number of nitrogens with two attached hydrogens (primary N) is 1. The summed E-state index contributed by atoms with van der Waals surface area (Å²) < 4.78 is 30.2. The Morgan fingerprint density at radius 3 is 2.64 bits per heavy atom. The first-order chi connectivity index (χ1) is 15.9. The van der Waals surface area contributed by atoms with Crippen molar-refractivity contribution in [3.8, 4) is 22.6 Å². The van der Waals surface area contributed by atoms with Crippen molar-refractivity contribution in [2.24, 2.45) is 0 Å². The summed E-state index contributed by atoms with van der Waals surface area (Å²) in [7, 11) is 4.71. The van der Waals surface area contributed by atoms with Crippen LogP contribution >= 0.6 is 0 Å². The molecule has 1 aromatic carbocycles. The Morgan fingerprint density at radius 1 is 1.15 bits per heavy atom. The van der Waals surface area contributed by atoms with Crippen LogP contribution in [0.4, 0.5) is 10.2 Å². The zero-order valence-corrected chi connectivity index (χ0v) is 19.0. The fourth-order valence-corrected chi connectivity index (χ4v) is 3.38. The SMILES string of the molecule is CNCCc1cc(-c2cnc(N)c(O[C@H](C)c3cc(F)ccc3C(=O)OC)c2)c(OC)cn1. The number of nitrogen functional groups attached to an aromatic ring is 1. The predicted octanol–water partition coefficient (Wildman–Crippen LogP) is 3.56. The normalized spacial score (nSPS) is 11.7. The molecule has 0 unspecified atom stereocenters. The lowest BCUT2D eigenvalue weighted by Gasteiger charge is -2.19. The molecule has 0 aliphatic carbocycles. The maximum atomic E-state index is 13.9. The topological polar surface area (TPSA) is 109 Å². The molecule has 0 fully saturated rings. The Labute approximate surface area is 191 Å². The number of nitrogens with one attached hydrogen (secondary N) is 1. The van der Waals surface area contributed by atoms with Gasteiger partial charge in [-0.3, -0.25) is 4.98 Å². The van der Waals surface area contributed by atoms with Crippen molar-refractivity contribution in [1.82, 2.24) is 15.3 Å². The average Bonchev–Trinajstić information content (AvgIpc) is 2.83. The first-order valence-electron chi connectivity index (χ1n) is 10.4. The van der Waals surface area contributed by atoms with Crippen LogP contribution in [0.3, 0.4) is 0 Å². The Kier molecular flexibility index (Phi) is 7.78. The molecule has 1 atom stereocenters. The number of anilines is 1. The monoisotopic (exact) mass is 454 g/mol. The highest BCUT2D eigenvalue weighted by atomic mass is 19.1. The molecule has 0 bridgehead atoms. The summed E-state index contributed by atoms with van der Waals surface area (Å²) in [5, 5.41) is 3.10. The highest BCUT2D eigenvalue weighted by Crippen LogP contribution is 2.35. The highest BCUT2D eigenvalue weighted by molar-refractivity contribution is 5.91. The number of methoxy groups -OCH3 is 2. The largest absolute Gasteiger partial charge is 0.494 e.